The maximum Gasteiger partial charge on any atom is 0.313 e. The number of ether oxygens (including phenoxy) is 1. The number of carbonyl (C=O) groups is 1. The third-order valence-corrected chi connectivity index (χ3v) is 5.00. The van der Waals surface area contributed by atoms with Crippen LogP contribution in [0.3, 0.4) is 0 Å². The molecule has 0 bridgehead atoms. The van der Waals surface area contributed by atoms with Gasteiger partial charge < -0.3 is 14.9 Å². The van der Waals surface area contributed by atoms with E-state index in [0.29, 0.717) is 39.1 Å². The number of hydrogen-bond donors (Lipinski definition) is 2. The Kier molecular flexibility index (Phi) is 6.63. The summed E-state index contributed by atoms with van der Waals surface area (Å²) in [5.41, 5.74) is 0.131. The van der Waals surface area contributed by atoms with Crippen LogP contribution in [0, 0.1) is 5.41 Å². The van der Waals surface area contributed by atoms with E-state index in [1.165, 1.54) is 5.56 Å². The lowest BCUT2D eigenvalue weighted by Crippen LogP contribution is -2.56. The largest absolute Gasteiger partial charge is 0.492 e. The first kappa shape index (κ1) is 18.7. The fraction of sp³-hybridized carbons (Fsp3) is 0.632. The first-order valence-corrected chi connectivity index (χ1v) is 8.88. The van der Waals surface area contributed by atoms with Crippen molar-refractivity contribution in [3.8, 4) is 5.75 Å². The fourth-order valence-corrected chi connectivity index (χ4v) is 3.59. The molecule has 1 heterocycles. The molecular formula is C19H29NO4. The third kappa shape index (κ3) is 4.08. The molecule has 5 nitrogen and oxygen atoms in total. The molecule has 1 fully saturated rings. The predicted octanol–water partition coefficient (Wildman–Crippen LogP) is 2.57. The van der Waals surface area contributed by atoms with E-state index in [1.807, 2.05) is 25.1 Å². The minimum Gasteiger partial charge on any atom is -0.492 e. The number of hydrogen-bond acceptors (Lipinski definition) is 4. The SMILES string of the molecule is CCC[C@]1(C(=O)O)CN(CCOc2ccccc2CC)CC[C@H]1O. The van der Waals surface area contributed by atoms with Gasteiger partial charge in [-0.15, -0.1) is 0 Å². The van der Waals surface area contributed by atoms with Gasteiger partial charge in [-0.05, 0) is 30.9 Å². The second-order valence-electron chi connectivity index (χ2n) is 6.60. The molecule has 0 radical (unpaired) electrons. The van der Waals surface area contributed by atoms with Crippen LogP contribution < -0.4 is 4.74 Å². The molecule has 2 atom stereocenters. The van der Waals surface area contributed by atoms with E-state index in [9.17, 15) is 15.0 Å². The van der Waals surface area contributed by atoms with Crippen LogP contribution in [0.25, 0.3) is 0 Å². The predicted molar refractivity (Wildman–Crippen MR) is 93.4 cm³/mol. The molecule has 2 N–H and O–H groups in total. The normalized spacial score (nSPS) is 24.7. The molecule has 0 amide bonds. The van der Waals surface area contributed by atoms with Crippen molar-refractivity contribution in [3.05, 3.63) is 29.8 Å². The van der Waals surface area contributed by atoms with Crippen LogP contribution in [-0.2, 0) is 11.2 Å². The highest BCUT2D eigenvalue weighted by molar-refractivity contribution is 5.76. The van der Waals surface area contributed by atoms with Crippen LogP contribution in [0.2, 0.25) is 0 Å². The summed E-state index contributed by atoms with van der Waals surface area (Å²) >= 11 is 0. The number of aryl methyl sites for hydroxylation is 1. The number of aliphatic hydroxyl groups is 1. The lowest BCUT2D eigenvalue weighted by Gasteiger charge is -2.43. The summed E-state index contributed by atoms with van der Waals surface area (Å²) in [5, 5.41) is 19.9. The average molecular weight is 335 g/mol. The minimum absolute atomic E-state index is 0.385. The van der Waals surface area contributed by atoms with Gasteiger partial charge in [-0.2, -0.15) is 0 Å². The Bertz CT molecular complexity index is 548. The zero-order valence-electron chi connectivity index (χ0n) is 14.7. The van der Waals surface area contributed by atoms with Gasteiger partial charge >= 0.3 is 5.97 Å². The number of benzene rings is 1. The Morgan fingerprint density at radius 2 is 2.12 bits per heavy atom. The summed E-state index contributed by atoms with van der Waals surface area (Å²) in [7, 11) is 0. The molecule has 0 aliphatic carbocycles. The van der Waals surface area contributed by atoms with Gasteiger partial charge in [0.15, 0.2) is 0 Å². The van der Waals surface area contributed by atoms with E-state index in [4.69, 9.17) is 4.74 Å². The maximum absolute atomic E-state index is 11.8. The smallest absolute Gasteiger partial charge is 0.313 e. The monoisotopic (exact) mass is 335 g/mol. The molecule has 0 aromatic heterocycles. The fourth-order valence-electron chi connectivity index (χ4n) is 3.59. The zero-order chi connectivity index (χ0) is 17.6. The van der Waals surface area contributed by atoms with Gasteiger partial charge in [-0.1, -0.05) is 38.5 Å². The van der Waals surface area contributed by atoms with E-state index in [1.54, 1.807) is 0 Å². The summed E-state index contributed by atoms with van der Waals surface area (Å²) in [5.74, 6) is 0.00824. The van der Waals surface area contributed by atoms with Gasteiger partial charge in [-0.3, -0.25) is 9.69 Å². The summed E-state index contributed by atoms with van der Waals surface area (Å²) in [6, 6.07) is 7.99. The molecule has 1 aromatic rings. The molecule has 0 saturated carbocycles. The molecule has 1 aliphatic heterocycles. The van der Waals surface area contributed by atoms with Crippen LogP contribution in [0.15, 0.2) is 24.3 Å². The summed E-state index contributed by atoms with van der Waals surface area (Å²) in [6.45, 7) is 6.34. The highest BCUT2D eigenvalue weighted by atomic mass is 16.5. The van der Waals surface area contributed by atoms with E-state index in [2.05, 4.69) is 17.9 Å². The second-order valence-corrected chi connectivity index (χ2v) is 6.60. The number of carboxylic acid groups (broad SMARTS) is 1. The first-order chi connectivity index (χ1) is 11.5. The van der Waals surface area contributed by atoms with Crippen LogP contribution in [0.1, 0.15) is 38.7 Å². The Morgan fingerprint density at radius 1 is 1.38 bits per heavy atom. The molecule has 1 aliphatic rings. The maximum atomic E-state index is 11.8. The molecule has 1 saturated heterocycles. The molecule has 1 aromatic carbocycles. The zero-order valence-corrected chi connectivity index (χ0v) is 14.7. The van der Waals surface area contributed by atoms with Crippen LogP contribution in [0.4, 0.5) is 0 Å². The van der Waals surface area contributed by atoms with Crippen molar-refractivity contribution < 1.29 is 19.7 Å². The third-order valence-electron chi connectivity index (χ3n) is 5.00. The molecule has 0 unspecified atom stereocenters. The van der Waals surface area contributed by atoms with Crippen molar-refractivity contribution in [1.82, 2.24) is 4.90 Å². The highest BCUT2D eigenvalue weighted by Crippen LogP contribution is 2.35. The van der Waals surface area contributed by atoms with E-state index >= 15 is 0 Å². The Hall–Kier alpha value is -1.59. The number of carboxylic acids is 1. The van der Waals surface area contributed by atoms with Crippen molar-refractivity contribution >= 4 is 5.97 Å². The Labute approximate surface area is 144 Å². The number of para-hydroxylation sites is 1. The molecule has 2 rings (SSSR count). The van der Waals surface area contributed by atoms with Crippen molar-refractivity contribution in [3.63, 3.8) is 0 Å². The van der Waals surface area contributed by atoms with Gasteiger partial charge in [0, 0.05) is 19.6 Å². The topological polar surface area (TPSA) is 70.0 Å². The minimum atomic E-state index is -1.05. The van der Waals surface area contributed by atoms with Gasteiger partial charge in [0.05, 0.1) is 6.10 Å². The summed E-state index contributed by atoms with van der Waals surface area (Å²) in [6.07, 6.45) is 1.90. The quantitative estimate of drug-likeness (QED) is 0.764. The van der Waals surface area contributed by atoms with Crippen molar-refractivity contribution in [1.29, 1.82) is 0 Å². The van der Waals surface area contributed by atoms with Crippen molar-refractivity contribution in [2.75, 3.05) is 26.2 Å². The molecular weight excluding hydrogens is 306 g/mol. The lowest BCUT2D eigenvalue weighted by molar-refractivity contribution is -0.164. The average Bonchev–Trinajstić information content (AvgIpc) is 2.58. The van der Waals surface area contributed by atoms with Crippen molar-refractivity contribution in [2.24, 2.45) is 5.41 Å². The molecule has 24 heavy (non-hydrogen) atoms. The number of nitrogens with zero attached hydrogens (tertiary/aromatic N) is 1. The van der Waals surface area contributed by atoms with E-state index in [-0.39, 0.29) is 0 Å². The van der Waals surface area contributed by atoms with Gasteiger partial charge in [0.2, 0.25) is 0 Å². The molecule has 0 spiro atoms. The number of aliphatic carboxylic acids is 1. The Morgan fingerprint density at radius 3 is 2.79 bits per heavy atom. The molecule has 134 valence electrons. The van der Waals surface area contributed by atoms with Crippen LogP contribution >= 0.6 is 0 Å². The van der Waals surface area contributed by atoms with Crippen LogP contribution in [0.5, 0.6) is 5.75 Å². The standard InChI is InChI=1S/C19H29NO4/c1-3-10-19(18(22)23)14-20(11-9-17(19)21)12-13-24-16-8-6-5-7-15(16)4-2/h5-8,17,21H,3-4,9-14H2,1-2H3,(H,22,23)/t17-,19+/m1/s1. The highest BCUT2D eigenvalue weighted by Gasteiger charge is 2.48. The van der Waals surface area contributed by atoms with Gasteiger partial charge in [0.1, 0.15) is 17.8 Å². The number of likely N-dealkylation sites (tertiary alicyclic amines) is 1. The van der Waals surface area contributed by atoms with Crippen molar-refractivity contribution in [2.45, 2.75) is 45.6 Å². The van der Waals surface area contributed by atoms with Gasteiger partial charge in [-0.25, -0.2) is 0 Å². The van der Waals surface area contributed by atoms with Gasteiger partial charge in [0.25, 0.3) is 0 Å². The number of piperidine rings is 1. The first-order valence-electron chi connectivity index (χ1n) is 8.88. The lowest BCUT2D eigenvalue weighted by atomic mass is 9.74. The summed E-state index contributed by atoms with van der Waals surface area (Å²) < 4.78 is 5.89. The van der Waals surface area contributed by atoms with Crippen LogP contribution in [-0.4, -0.2) is 53.4 Å². The number of rotatable bonds is 8. The second kappa shape index (κ2) is 8.49. The van der Waals surface area contributed by atoms with E-state index in [0.717, 1.165) is 18.6 Å². The molecule has 5 heteroatoms. The summed E-state index contributed by atoms with van der Waals surface area (Å²) in [4.78, 5) is 13.9. The van der Waals surface area contributed by atoms with E-state index < -0.39 is 17.5 Å². The Balaban J connectivity index is 1.94. The number of aliphatic hydroxyl groups excluding tert-OH is 1.